The van der Waals surface area contributed by atoms with E-state index in [1.807, 2.05) is 23.9 Å². The van der Waals surface area contributed by atoms with Gasteiger partial charge >= 0.3 is 4.87 Å². The molecule has 3 aliphatic rings. The molecule has 29 heavy (non-hydrogen) atoms. The number of aromatic amines is 1. The number of aromatic nitrogens is 1. The van der Waals surface area contributed by atoms with Gasteiger partial charge in [0.2, 0.25) is 0 Å². The van der Waals surface area contributed by atoms with E-state index in [2.05, 4.69) is 4.98 Å². The summed E-state index contributed by atoms with van der Waals surface area (Å²) in [4.78, 5) is 27.2. The van der Waals surface area contributed by atoms with Crippen LogP contribution in [0.1, 0.15) is 35.8 Å². The number of benzene rings is 1. The molecule has 0 amide bonds. The highest BCUT2D eigenvalue weighted by atomic mass is 32.2. The monoisotopic (exact) mass is 426 g/mol. The quantitative estimate of drug-likeness (QED) is 0.456. The predicted molar refractivity (Wildman–Crippen MR) is 112 cm³/mol. The maximum Gasteiger partial charge on any atom is 0.305 e. The predicted octanol–water partition coefficient (Wildman–Crippen LogP) is 5.26. The van der Waals surface area contributed by atoms with Gasteiger partial charge in [0, 0.05) is 11.3 Å². The molecule has 2 fully saturated rings. The van der Waals surface area contributed by atoms with Crippen LogP contribution in [0, 0.1) is 27.9 Å². The molecule has 5 atom stereocenters. The number of thiazole rings is 1. The van der Waals surface area contributed by atoms with Crippen molar-refractivity contribution < 1.29 is 9.34 Å². The van der Waals surface area contributed by atoms with E-state index in [0.29, 0.717) is 34.3 Å². The van der Waals surface area contributed by atoms with E-state index >= 15 is 0 Å². The van der Waals surface area contributed by atoms with Crippen LogP contribution >= 0.6 is 23.1 Å². The molecule has 0 spiro atoms. The van der Waals surface area contributed by atoms with Crippen LogP contribution in [0.2, 0.25) is 0 Å². The zero-order valence-electron chi connectivity index (χ0n) is 15.4. The van der Waals surface area contributed by atoms with Gasteiger partial charge in [-0.1, -0.05) is 23.5 Å². The molecule has 3 aromatic rings. The molecule has 148 valence electrons. The molecule has 2 saturated carbocycles. The highest BCUT2D eigenvalue weighted by molar-refractivity contribution is 8.00. The fourth-order valence-electron chi connectivity index (χ4n) is 5.67. The van der Waals surface area contributed by atoms with Crippen LogP contribution in [0.15, 0.2) is 50.6 Å². The molecular weight excluding hydrogens is 408 g/mol. The first-order valence-electron chi connectivity index (χ1n) is 9.83. The minimum Gasteiger partial charge on any atom is -0.460 e. The number of nitro groups is 1. The average molecular weight is 427 g/mol. The lowest BCUT2D eigenvalue weighted by Gasteiger charge is -2.38. The highest BCUT2D eigenvalue weighted by Gasteiger charge is 2.55. The van der Waals surface area contributed by atoms with Crippen molar-refractivity contribution in [3.05, 3.63) is 66.8 Å². The summed E-state index contributed by atoms with van der Waals surface area (Å²) < 4.78 is 6.26. The number of hydrogen-bond acceptors (Lipinski definition) is 6. The van der Waals surface area contributed by atoms with Gasteiger partial charge in [0.25, 0.3) is 5.69 Å². The Kier molecular flexibility index (Phi) is 3.83. The highest BCUT2D eigenvalue weighted by Crippen LogP contribution is 2.63. The topological polar surface area (TPSA) is 89.1 Å². The molecule has 3 heterocycles. The Morgan fingerprint density at radius 2 is 1.97 bits per heavy atom. The number of thioether (sulfide) groups is 1. The van der Waals surface area contributed by atoms with E-state index in [9.17, 15) is 14.9 Å². The summed E-state index contributed by atoms with van der Waals surface area (Å²) in [5.41, 5.74) is 0.526. The van der Waals surface area contributed by atoms with E-state index in [0.717, 1.165) is 15.7 Å². The first kappa shape index (κ1) is 17.5. The number of nitrogens with zero attached hydrogens (tertiary/aromatic N) is 1. The summed E-state index contributed by atoms with van der Waals surface area (Å²) in [7, 11) is 0. The van der Waals surface area contributed by atoms with Crippen molar-refractivity contribution in [1.82, 2.24) is 4.98 Å². The molecule has 2 aliphatic carbocycles. The average Bonchev–Trinajstić information content (AvgIpc) is 3.49. The number of nitrogens with one attached hydrogen (secondary N) is 1. The third kappa shape index (κ3) is 2.58. The van der Waals surface area contributed by atoms with E-state index in [1.165, 1.54) is 36.7 Å². The molecule has 0 unspecified atom stereocenters. The second-order valence-electron chi connectivity index (χ2n) is 8.15. The maximum atomic E-state index is 12.1. The fraction of sp³-hybridized carbons (Fsp3) is 0.381. The van der Waals surface area contributed by atoms with Crippen LogP contribution in [0.3, 0.4) is 0 Å². The molecule has 6 nitrogen and oxygen atoms in total. The van der Waals surface area contributed by atoms with Crippen molar-refractivity contribution in [2.75, 3.05) is 0 Å². The van der Waals surface area contributed by atoms with E-state index in [1.54, 1.807) is 18.2 Å². The Bertz CT molecular complexity index is 1180. The lowest BCUT2D eigenvalue weighted by Crippen LogP contribution is -2.33. The van der Waals surface area contributed by atoms with Gasteiger partial charge < -0.3 is 9.40 Å². The summed E-state index contributed by atoms with van der Waals surface area (Å²) in [5.74, 6) is 3.20. The first-order chi connectivity index (χ1) is 14.1. The molecule has 2 aromatic heterocycles. The second-order valence-corrected chi connectivity index (χ2v) is 10.4. The number of para-hydroxylation sites is 1. The molecule has 1 aromatic carbocycles. The molecule has 8 heteroatoms. The standard InChI is InChI=1S/C21H18N2O4S2/c24-21-22-20-19(29-21)17(16-10-5-6-11(9-10)18(16)28-20)15-8-7-14(27-15)12-3-1-2-4-13(12)23(25)26/h1-4,7-8,10-11,16-18H,5-6,9H2,(H,22,24)/t10-,11-,16-,17+,18-/m1/s1. The number of nitro benzene ring substituents is 1. The van der Waals surface area contributed by atoms with Gasteiger partial charge in [0.1, 0.15) is 11.5 Å². The Balaban J connectivity index is 1.47. The summed E-state index contributed by atoms with van der Waals surface area (Å²) in [6, 6.07) is 10.4. The van der Waals surface area contributed by atoms with Gasteiger partial charge in [-0.3, -0.25) is 14.9 Å². The molecule has 0 radical (unpaired) electrons. The van der Waals surface area contributed by atoms with Gasteiger partial charge in [-0.25, -0.2) is 0 Å². The third-order valence-corrected chi connectivity index (χ3v) is 9.39. The number of rotatable bonds is 3. The van der Waals surface area contributed by atoms with E-state index in [-0.39, 0.29) is 21.4 Å². The molecule has 1 aliphatic heterocycles. The molecule has 2 bridgehead atoms. The van der Waals surface area contributed by atoms with Crippen LogP contribution in [0.5, 0.6) is 0 Å². The second kappa shape index (κ2) is 6.34. The zero-order valence-corrected chi connectivity index (χ0v) is 17.0. The minimum atomic E-state index is -0.378. The van der Waals surface area contributed by atoms with Crippen LogP contribution in [0.25, 0.3) is 11.3 Å². The Morgan fingerprint density at radius 3 is 2.83 bits per heavy atom. The van der Waals surface area contributed by atoms with E-state index in [4.69, 9.17) is 4.42 Å². The smallest absolute Gasteiger partial charge is 0.305 e. The molecule has 1 N–H and O–H groups in total. The normalized spacial score (nSPS) is 29.6. The SMILES string of the molecule is O=c1[nH]c2c(s1)[C@@H](c1ccc(-c3ccccc3[N+](=O)[O-])o1)[C@H]1[C@@H]3CC[C@H](C3)[C@H]1S2. The van der Waals surface area contributed by atoms with Crippen molar-refractivity contribution in [3.8, 4) is 11.3 Å². The van der Waals surface area contributed by atoms with Crippen LogP contribution < -0.4 is 4.87 Å². The van der Waals surface area contributed by atoms with Crippen molar-refractivity contribution in [1.29, 1.82) is 0 Å². The Labute approximate surface area is 174 Å². The van der Waals surface area contributed by atoms with Crippen molar-refractivity contribution >= 4 is 28.8 Å². The van der Waals surface area contributed by atoms with Gasteiger partial charge in [0.15, 0.2) is 0 Å². The van der Waals surface area contributed by atoms with Crippen LogP contribution in [-0.4, -0.2) is 15.2 Å². The Hall–Kier alpha value is -2.32. The van der Waals surface area contributed by atoms with Crippen molar-refractivity contribution in [2.45, 2.75) is 35.5 Å². The first-order valence-corrected chi connectivity index (χ1v) is 11.5. The summed E-state index contributed by atoms with van der Waals surface area (Å²) in [6.07, 6.45) is 3.78. The van der Waals surface area contributed by atoms with Crippen molar-refractivity contribution in [3.63, 3.8) is 0 Å². The molecular formula is C21H18N2O4S2. The van der Waals surface area contributed by atoms with Gasteiger partial charge in [0.05, 0.1) is 26.3 Å². The summed E-state index contributed by atoms with van der Waals surface area (Å²) >= 11 is 3.13. The number of H-pyrrole nitrogens is 1. The molecule has 6 rings (SSSR count). The Morgan fingerprint density at radius 1 is 1.14 bits per heavy atom. The maximum absolute atomic E-state index is 12.1. The van der Waals surface area contributed by atoms with Crippen LogP contribution in [-0.2, 0) is 0 Å². The van der Waals surface area contributed by atoms with Crippen LogP contribution in [0.4, 0.5) is 5.69 Å². The zero-order chi connectivity index (χ0) is 19.7. The number of fused-ring (bicyclic) bond motifs is 6. The third-order valence-electron chi connectivity index (χ3n) is 6.76. The van der Waals surface area contributed by atoms with Gasteiger partial charge in [-0.05, 0) is 55.2 Å². The lowest BCUT2D eigenvalue weighted by atomic mass is 9.77. The van der Waals surface area contributed by atoms with Gasteiger partial charge in [-0.2, -0.15) is 0 Å². The largest absolute Gasteiger partial charge is 0.460 e. The summed E-state index contributed by atoms with van der Waals surface area (Å²) in [5, 5.41) is 12.9. The fourth-order valence-corrected chi connectivity index (χ4v) is 8.55. The summed E-state index contributed by atoms with van der Waals surface area (Å²) in [6.45, 7) is 0. The number of hydrogen-bond donors (Lipinski definition) is 1. The lowest BCUT2D eigenvalue weighted by molar-refractivity contribution is -0.384. The van der Waals surface area contributed by atoms with Gasteiger partial charge in [-0.15, -0.1) is 11.8 Å². The van der Waals surface area contributed by atoms with Crippen molar-refractivity contribution in [2.24, 2.45) is 17.8 Å². The number of furan rings is 1. The van der Waals surface area contributed by atoms with E-state index < -0.39 is 0 Å². The molecule has 0 saturated heterocycles. The minimum absolute atomic E-state index is 0.0229.